The van der Waals surface area contributed by atoms with Crippen LogP contribution in [0.4, 0.5) is 0 Å². The molecule has 1 N–H and O–H groups in total. The molecule has 0 saturated heterocycles. The number of rotatable bonds is 4. The minimum Gasteiger partial charge on any atom is -0.338 e. The van der Waals surface area contributed by atoms with Gasteiger partial charge in [0.1, 0.15) is 0 Å². The Labute approximate surface area is 96.8 Å². The summed E-state index contributed by atoms with van der Waals surface area (Å²) in [4.78, 5) is 4.19. The van der Waals surface area contributed by atoms with Gasteiger partial charge in [-0.25, -0.2) is 0 Å². The van der Waals surface area contributed by atoms with E-state index in [0.717, 1.165) is 5.92 Å². The average Bonchev–Trinajstić information content (AvgIpc) is 2.73. The van der Waals surface area contributed by atoms with Gasteiger partial charge >= 0.3 is 0 Å². The summed E-state index contributed by atoms with van der Waals surface area (Å²) in [5.74, 6) is 2.32. The highest BCUT2D eigenvalue weighted by Gasteiger charge is 2.20. The largest absolute Gasteiger partial charge is 0.338 e. The predicted octanol–water partition coefficient (Wildman–Crippen LogP) is 2.44. The monoisotopic (exact) mass is 223 g/mol. The lowest BCUT2D eigenvalue weighted by Gasteiger charge is -2.28. The van der Waals surface area contributed by atoms with Gasteiger partial charge in [-0.15, -0.1) is 0 Å². The van der Waals surface area contributed by atoms with Crippen LogP contribution in [0.3, 0.4) is 0 Å². The maximum absolute atomic E-state index is 5.08. The smallest absolute Gasteiger partial charge is 0.240 e. The van der Waals surface area contributed by atoms with Crippen molar-refractivity contribution in [3.63, 3.8) is 0 Å². The van der Waals surface area contributed by atoms with Gasteiger partial charge in [-0.05, 0) is 25.7 Å². The Hall–Kier alpha value is -0.900. The van der Waals surface area contributed by atoms with Crippen molar-refractivity contribution < 1.29 is 4.52 Å². The second-order valence-electron chi connectivity index (χ2n) is 4.75. The zero-order chi connectivity index (χ0) is 11.4. The van der Waals surface area contributed by atoms with Crippen LogP contribution in [0, 0.1) is 12.8 Å². The Kier molecular flexibility index (Phi) is 3.93. The first-order chi connectivity index (χ1) is 7.78. The fourth-order valence-corrected chi connectivity index (χ4v) is 2.49. The Morgan fingerprint density at radius 1 is 1.44 bits per heavy atom. The van der Waals surface area contributed by atoms with Crippen LogP contribution in [0.5, 0.6) is 0 Å². The summed E-state index contributed by atoms with van der Waals surface area (Å²) >= 11 is 0. The van der Waals surface area contributed by atoms with Gasteiger partial charge in [-0.2, -0.15) is 4.98 Å². The van der Waals surface area contributed by atoms with Gasteiger partial charge in [0.2, 0.25) is 5.89 Å². The third-order valence-corrected chi connectivity index (χ3v) is 3.47. The molecule has 2 unspecified atom stereocenters. The lowest BCUT2D eigenvalue weighted by Crippen LogP contribution is -2.33. The van der Waals surface area contributed by atoms with Gasteiger partial charge < -0.3 is 9.84 Å². The molecule has 1 saturated carbocycles. The first kappa shape index (κ1) is 11.6. The molecule has 1 aromatic heterocycles. The van der Waals surface area contributed by atoms with E-state index in [-0.39, 0.29) is 0 Å². The summed E-state index contributed by atoms with van der Waals surface area (Å²) in [6.45, 7) is 4.84. The molecule has 0 bridgehead atoms. The normalized spacial score (nSPS) is 25.9. The quantitative estimate of drug-likeness (QED) is 0.851. The summed E-state index contributed by atoms with van der Waals surface area (Å²) in [5.41, 5.74) is 0. The molecule has 16 heavy (non-hydrogen) atoms. The van der Waals surface area contributed by atoms with Crippen molar-refractivity contribution in [2.24, 2.45) is 5.92 Å². The molecule has 1 aromatic rings. The second kappa shape index (κ2) is 5.43. The Morgan fingerprint density at radius 3 is 3.00 bits per heavy atom. The van der Waals surface area contributed by atoms with Crippen molar-refractivity contribution in [3.8, 4) is 0 Å². The summed E-state index contributed by atoms with van der Waals surface area (Å²) in [6.07, 6.45) is 6.62. The highest BCUT2D eigenvalue weighted by Crippen LogP contribution is 2.26. The summed E-state index contributed by atoms with van der Waals surface area (Å²) in [7, 11) is 0. The molecule has 90 valence electrons. The van der Waals surface area contributed by atoms with Crippen molar-refractivity contribution in [2.75, 3.05) is 0 Å². The molecule has 0 radical (unpaired) electrons. The molecule has 0 aliphatic heterocycles. The molecule has 1 aliphatic carbocycles. The Balaban J connectivity index is 1.77. The molecule has 0 amide bonds. The number of nitrogens with one attached hydrogen (secondary N) is 1. The van der Waals surface area contributed by atoms with Gasteiger partial charge in [-0.3, -0.25) is 0 Å². The molecular weight excluding hydrogens is 202 g/mol. The Morgan fingerprint density at radius 2 is 2.31 bits per heavy atom. The van der Waals surface area contributed by atoms with Crippen LogP contribution < -0.4 is 5.32 Å². The van der Waals surface area contributed by atoms with Crippen molar-refractivity contribution in [3.05, 3.63) is 11.7 Å². The number of aromatic nitrogens is 2. The first-order valence-corrected chi connectivity index (χ1v) is 6.30. The lowest BCUT2D eigenvalue weighted by molar-refractivity contribution is 0.267. The molecule has 1 aliphatic rings. The molecule has 0 spiro atoms. The number of hydrogen-bond donors (Lipinski definition) is 1. The van der Waals surface area contributed by atoms with Crippen molar-refractivity contribution in [1.29, 1.82) is 0 Å². The van der Waals surface area contributed by atoms with E-state index in [1.165, 1.54) is 32.1 Å². The maximum Gasteiger partial charge on any atom is 0.240 e. The van der Waals surface area contributed by atoms with E-state index in [4.69, 9.17) is 4.52 Å². The average molecular weight is 223 g/mol. The van der Waals surface area contributed by atoms with Crippen LogP contribution in [-0.4, -0.2) is 16.2 Å². The summed E-state index contributed by atoms with van der Waals surface area (Å²) < 4.78 is 5.08. The summed E-state index contributed by atoms with van der Waals surface area (Å²) in [6, 6.07) is 0.630. The number of aryl methyl sites for hydroxylation is 1. The highest BCUT2D eigenvalue weighted by molar-refractivity contribution is 4.84. The maximum atomic E-state index is 5.08. The van der Waals surface area contributed by atoms with Gasteiger partial charge in [0, 0.05) is 6.04 Å². The lowest BCUT2D eigenvalue weighted by atomic mass is 9.84. The molecule has 0 aromatic carbocycles. The third kappa shape index (κ3) is 3.04. The predicted molar refractivity (Wildman–Crippen MR) is 61.9 cm³/mol. The Bertz CT molecular complexity index is 324. The van der Waals surface area contributed by atoms with E-state index in [1.54, 1.807) is 0 Å². The molecule has 1 fully saturated rings. The number of nitrogens with zero attached hydrogens (tertiary/aromatic N) is 2. The van der Waals surface area contributed by atoms with E-state index in [9.17, 15) is 0 Å². The van der Waals surface area contributed by atoms with Gasteiger partial charge in [0.05, 0.1) is 6.54 Å². The van der Waals surface area contributed by atoms with Gasteiger partial charge in [-0.1, -0.05) is 31.3 Å². The van der Waals surface area contributed by atoms with Crippen molar-refractivity contribution in [2.45, 2.75) is 58.5 Å². The second-order valence-corrected chi connectivity index (χ2v) is 4.75. The fraction of sp³-hybridized carbons (Fsp3) is 0.833. The van der Waals surface area contributed by atoms with Crippen LogP contribution >= 0.6 is 0 Å². The minimum atomic E-state index is 0.630. The minimum absolute atomic E-state index is 0.630. The van der Waals surface area contributed by atoms with E-state index < -0.39 is 0 Å². The van der Waals surface area contributed by atoms with Gasteiger partial charge in [0.15, 0.2) is 5.82 Å². The third-order valence-electron chi connectivity index (χ3n) is 3.47. The number of hydrogen-bond acceptors (Lipinski definition) is 4. The molecule has 2 rings (SSSR count). The molecule has 4 nitrogen and oxygen atoms in total. The van der Waals surface area contributed by atoms with E-state index in [2.05, 4.69) is 22.4 Å². The van der Waals surface area contributed by atoms with Crippen molar-refractivity contribution >= 4 is 0 Å². The van der Waals surface area contributed by atoms with E-state index in [0.29, 0.717) is 24.3 Å². The topological polar surface area (TPSA) is 51.0 Å². The zero-order valence-corrected chi connectivity index (χ0v) is 10.2. The fourth-order valence-electron chi connectivity index (χ4n) is 2.49. The SMILES string of the molecule is CCC1CCCC(NCc2nc(C)no2)C1. The van der Waals surface area contributed by atoms with Crippen molar-refractivity contribution in [1.82, 2.24) is 15.5 Å². The van der Waals surface area contributed by atoms with Crippen LogP contribution in [0.2, 0.25) is 0 Å². The molecule has 1 heterocycles. The van der Waals surface area contributed by atoms with E-state index in [1.807, 2.05) is 6.92 Å². The summed E-state index contributed by atoms with van der Waals surface area (Å²) in [5, 5.41) is 7.30. The van der Waals surface area contributed by atoms with Crippen LogP contribution in [0.1, 0.15) is 50.7 Å². The standard InChI is InChI=1S/C12H21N3O/c1-3-10-5-4-6-11(7-10)13-8-12-14-9(2)15-16-12/h10-11,13H,3-8H2,1-2H3. The van der Waals surface area contributed by atoms with Crippen LogP contribution in [0.15, 0.2) is 4.52 Å². The van der Waals surface area contributed by atoms with Crippen LogP contribution in [0.25, 0.3) is 0 Å². The van der Waals surface area contributed by atoms with Gasteiger partial charge in [0.25, 0.3) is 0 Å². The molecular formula is C12H21N3O. The highest BCUT2D eigenvalue weighted by atomic mass is 16.5. The zero-order valence-electron chi connectivity index (χ0n) is 10.2. The van der Waals surface area contributed by atoms with E-state index >= 15 is 0 Å². The molecule has 2 atom stereocenters. The molecule has 4 heteroatoms. The first-order valence-electron chi connectivity index (χ1n) is 6.30. The van der Waals surface area contributed by atoms with Crippen LogP contribution in [-0.2, 0) is 6.54 Å².